The van der Waals surface area contributed by atoms with Gasteiger partial charge in [-0.15, -0.1) is 0 Å². The number of nitrogens with one attached hydrogen (secondary N) is 1. The van der Waals surface area contributed by atoms with E-state index in [0.717, 1.165) is 60.6 Å². The van der Waals surface area contributed by atoms with E-state index in [0.29, 0.717) is 17.3 Å². The molecule has 4 aromatic rings. The first-order valence-corrected chi connectivity index (χ1v) is 11.9. The highest BCUT2D eigenvalue weighted by Crippen LogP contribution is 2.33. The van der Waals surface area contributed by atoms with Crippen molar-refractivity contribution in [1.82, 2.24) is 29.6 Å². The van der Waals surface area contributed by atoms with Crippen LogP contribution in [0, 0.1) is 5.92 Å². The minimum Gasteiger partial charge on any atom is -0.354 e. The van der Waals surface area contributed by atoms with E-state index in [4.69, 9.17) is 4.98 Å². The van der Waals surface area contributed by atoms with Crippen LogP contribution in [0.2, 0.25) is 0 Å². The van der Waals surface area contributed by atoms with Crippen LogP contribution in [0.4, 0.5) is 11.6 Å². The number of hydrogen-bond donors (Lipinski definition) is 1. The number of pyridine rings is 3. The van der Waals surface area contributed by atoms with Crippen molar-refractivity contribution in [2.75, 3.05) is 42.9 Å². The summed E-state index contributed by atoms with van der Waals surface area (Å²) in [6.45, 7) is 9.52. The number of carbonyl (C=O) groups is 1. The third-order valence-electron chi connectivity index (χ3n) is 6.18. The molecule has 5 rings (SSSR count). The average Bonchev–Trinajstić information content (AvgIpc) is 3.30. The molecule has 4 aromatic heterocycles. The molecule has 9 heteroatoms. The fourth-order valence-electron chi connectivity index (χ4n) is 4.50. The van der Waals surface area contributed by atoms with Crippen molar-refractivity contribution in [3.05, 3.63) is 60.8 Å². The number of anilines is 2. The molecule has 1 N–H and O–H groups in total. The Balaban J connectivity index is 1.47. The first-order chi connectivity index (χ1) is 17.0. The maximum atomic E-state index is 12.6. The summed E-state index contributed by atoms with van der Waals surface area (Å²) < 4.78 is 1.80. The number of carbonyl (C=O) groups excluding carboxylic acids is 1. The average molecular weight is 471 g/mol. The van der Waals surface area contributed by atoms with Gasteiger partial charge in [0.15, 0.2) is 0 Å². The second-order valence-electron chi connectivity index (χ2n) is 9.40. The van der Waals surface area contributed by atoms with Crippen molar-refractivity contribution < 1.29 is 4.79 Å². The first kappa shape index (κ1) is 22.9. The van der Waals surface area contributed by atoms with E-state index in [-0.39, 0.29) is 5.91 Å². The summed E-state index contributed by atoms with van der Waals surface area (Å²) in [4.78, 5) is 30.9. The van der Waals surface area contributed by atoms with Crippen molar-refractivity contribution in [3.8, 4) is 11.1 Å². The van der Waals surface area contributed by atoms with Crippen LogP contribution in [0.25, 0.3) is 22.0 Å². The molecule has 9 nitrogen and oxygen atoms in total. The fourth-order valence-corrected chi connectivity index (χ4v) is 4.50. The van der Waals surface area contributed by atoms with Crippen LogP contribution < -0.4 is 10.2 Å². The molecule has 0 radical (unpaired) electrons. The van der Waals surface area contributed by atoms with Crippen molar-refractivity contribution in [2.45, 2.75) is 13.8 Å². The summed E-state index contributed by atoms with van der Waals surface area (Å²) in [5.41, 5.74) is 3.36. The van der Waals surface area contributed by atoms with E-state index >= 15 is 0 Å². The molecule has 0 aliphatic carbocycles. The van der Waals surface area contributed by atoms with Gasteiger partial charge in [-0.05, 0) is 30.2 Å². The monoisotopic (exact) mass is 470 g/mol. The largest absolute Gasteiger partial charge is 0.354 e. The smallest absolute Gasteiger partial charge is 0.256 e. The van der Waals surface area contributed by atoms with Crippen molar-refractivity contribution >= 4 is 28.4 Å². The van der Waals surface area contributed by atoms with Gasteiger partial charge in [0, 0.05) is 80.4 Å². The van der Waals surface area contributed by atoms with Crippen LogP contribution in [-0.4, -0.2) is 68.3 Å². The molecule has 0 unspecified atom stereocenters. The van der Waals surface area contributed by atoms with Crippen LogP contribution in [0.15, 0.2) is 55.2 Å². The van der Waals surface area contributed by atoms with Gasteiger partial charge < -0.3 is 10.2 Å². The number of fused-ring (bicyclic) bond motifs is 1. The zero-order valence-electron chi connectivity index (χ0n) is 20.3. The lowest BCUT2D eigenvalue weighted by Gasteiger charge is -2.37. The number of rotatable bonds is 6. The summed E-state index contributed by atoms with van der Waals surface area (Å²) >= 11 is 0. The molecular weight excluding hydrogens is 440 g/mol. The predicted molar refractivity (Wildman–Crippen MR) is 137 cm³/mol. The Morgan fingerprint density at radius 3 is 2.54 bits per heavy atom. The second-order valence-corrected chi connectivity index (χ2v) is 9.40. The molecule has 0 spiro atoms. The Labute approximate surface area is 204 Å². The number of amides is 1. The molecule has 0 bridgehead atoms. The summed E-state index contributed by atoms with van der Waals surface area (Å²) in [7, 11) is 1.92. The third-order valence-corrected chi connectivity index (χ3v) is 6.18. The Morgan fingerprint density at radius 2 is 1.86 bits per heavy atom. The SMILES string of the molecule is CC(C)CN1CCN(c2nc3cnc(NC(=O)c4ccncc4)cc3cc2-c2cnn(C)c2)CC1. The molecule has 180 valence electrons. The molecule has 1 saturated heterocycles. The minimum atomic E-state index is -0.226. The van der Waals surface area contributed by atoms with Gasteiger partial charge in [-0.2, -0.15) is 5.10 Å². The maximum absolute atomic E-state index is 12.6. The summed E-state index contributed by atoms with van der Waals surface area (Å²) in [5, 5.41) is 8.16. The lowest BCUT2D eigenvalue weighted by atomic mass is 10.1. The van der Waals surface area contributed by atoms with Crippen molar-refractivity contribution in [1.29, 1.82) is 0 Å². The van der Waals surface area contributed by atoms with E-state index in [1.807, 2.05) is 25.5 Å². The van der Waals surface area contributed by atoms with Gasteiger partial charge in [-0.25, -0.2) is 9.97 Å². The standard InChI is InChI=1S/C26H30N8O/c1-18(2)16-33-8-10-34(11-9-33)25-22(21-14-29-32(3)17-21)12-20-13-24(28-15-23(20)30-25)31-26(35)19-4-6-27-7-5-19/h4-7,12-15,17-18H,8-11,16H2,1-3H3,(H,28,31,35). The van der Waals surface area contributed by atoms with Gasteiger partial charge in [-0.1, -0.05) is 13.8 Å². The first-order valence-electron chi connectivity index (χ1n) is 11.9. The Kier molecular flexibility index (Phi) is 6.41. The summed E-state index contributed by atoms with van der Waals surface area (Å²) in [6, 6.07) is 7.34. The second kappa shape index (κ2) is 9.79. The van der Waals surface area contributed by atoms with Gasteiger partial charge in [0.1, 0.15) is 11.6 Å². The predicted octanol–water partition coefficient (Wildman–Crippen LogP) is 3.46. The van der Waals surface area contributed by atoms with Crippen molar-refractivity contribution in [3.63, 3.8) is 0 Å². The summed E-state index contributed by atoms with van der Waals surface area (Å²) in [5.74, 6) is 1.86. The van der Waals surface area contributed by atoms with E-state index in [9.17, 15) is 4.79 Å². The maximum Gasteiger partial charge on any atom is 0.256 e. The normalized spacial score (nSPS) is 14.6. The van der Waals surface area contributed by atoms with E-state index < -0.39 is 0 Å². The zero-order chi connectivity index (χ0) is 24.4. The molecule has 1 aliphatic heterocycles. The fraction of sp³-hybridized carbons (Fsp3) is 0.346. The highest BCUT2D eigenvalue weighted by molar-refractivity contribution is 6.04. The van der Waals surface area contributed by atoms with Gasteiger partial charge in [0.2, 0.25) is 0 Å². The van der Waals surface area contributed by atoms with Gasteiger partial charge >= 0.3 is 0 Å². The minimum absolute atomic E-state index is 0.226. The molecule has 0 atom stereocenters. The summed E-state index contributed by atoms with van der Waals surface area (Å²) in [6.07, 6.45) is 8.79. The highest BCUT2D eigenvalue weighted by Gasteiger charge is 2.23. The molecular formula is C26H30N8O. The number of aromatic nitrogens is 5. The number of piperazine rings is 1. The quantitative estimate of drug-likeness (QED) is 0.461. The molecule has 5 heterocycles. The Bertz CT molecular complexity index is 1330. The van der Waals surface area contributed by atoms with Crippen LogP contribution in [-0.2, 0) is 7.05 Å². The van der Waals surface area contributed by atoms with Gasteiger partial charge in [-0.3, -0.25) is 19.4 Å². The Morgan fingerprint density at radius 1 is 1.09 bits per heavy atom. The van der Waals surface area contributed by atoms with Crippen LogP contribution in [0.5, 0.6) is 0 Å². The number of hydrogen-bond acceptors (Lipinski definition) is 7. The van der Waals surface area contributed by atoms with Crippen LogP contribution in [0.3, 0.4) is 0 Å². The molecule has 0 aromatic carbocycles. The van der Waals surface area contributed by atoms with Crippen LogP contribution in [0.1, 0.15) is 24.2 Å². The highest BCUT2D eigenvalue weighted by atomic mass is 16.1. The number of aryl methyl sites for hydroxylation is 1. The molecule has 1 amide bonds. The van der Waals surface area contributed by atoms with Gasteiger partial charge in [0.05, 0.1) is 17.9 Å². The topological polar surface area (TPSA) is 92.1 Å². The van der Waals surface area contributed by atoms with E-state index in [1.165, 1.54) is 0 Å². The molecule has 1 aliphatic rings. The number of nitrogens with zero attached hydrogens (tertiary/aromatic N) is 7. The lowest BCUT2D eigenvalue weighted by molar-refractivity contribution is 0.102. The van der Waals surface area contributed by atoms with Gasteiger partial charge in [0.25, 0.3) is 5.91 Å². The molecule has 35 heavy (non-hydrogen) atoms. The molecule has 1 fully saturated rings. The Hall–Kier alpha value is -3.85. The van der Waals surface area contributed by atoms with E-state index in [1.54, 1.807) is 35.4 Å². The zero-order valence-corrected chi connectivity index (χ0v) is 20.3. The third kappa shape index (κ3) is 5.14. The van der Waals surface area contributed by atoms with Crippen LogP contribution >= 0.6 is 0 Å². The van der Waals surface area contributed by atoms with Crippen molar-refractivity contribution in [2.24, 2.45) is 13.0 Å². The lowest BCUT2D eigenvalue weighted by Crippen LogP contribution is -2.47. The van der Waals surface area contributed by atoms with E-state index in [2.05, 4.69) is 50.1 Å². The molecule has 0 saturated carbocycles.